The van der Waals surface area contributed by atoms with Crippen molar-refractivity contribution in [3.63, 3.8) is 0 Å². The predicted molar refractivity (Wildman–Crippen MR) is 82.2 cm³/mol. The van der Waals surface area contributed by atoms with Gasteiger partial charge in [0.1, 0.15) is 17.1 Å². The number of amides is 1. The number of aromatic nitrogens is 1. The Kier molecular flexibility index (Phi) is 3.64. The zero-order valence-electron chi connectivity index (χ0n) is 13.3. The highest BCUT2D eigenvalue weighted by atomic mass is 16.5. The van der Waals surface area contributed by atoms with Gasteiger partial charge in [0.15, 0.2) is 0 Å². The number of ether oxygens (including phenoxy) is 1. The number of carbonyl (C=O) groups excluding carboxylic acids is 1. The van der Waals surface area contributed by atoms with Gasteiger partial charge in [-0.2, -0.15) is 0 Å². The minimum Gasteiger partial charge on any atom is -0.493 e. The summed E-state index contributed by atoms with van der Waals surface area (Å²) in [6, 6.07) is 4.13. The van der Waals surface area contributed by atoms with Gasteiger partial charge in [-0.3, -0.25) is 4.79 Å². The van der Waals surface area contributed by atoms with Crippen molar-refractivity contribution < 1.29 is 14.1 Å². The second kappa shape index (κ2) is 5.48. The molecular formula is C17H20N2O3. The number of nitrogens with zero attached hydrogens (tertiary/aromatic N) is 1. The summed E-state index contributed by atoms with van der Waals surface area (Å²) in [5.74, 6) is 1.29. The van der Waals surface area contributed by atoms with Crippen LogP contribution in [0, 0.1) is 27.7 Å². The van der Waals surface area contributed by atoms with Gasteiger partial charge in [-0.25, -0.2) is 0 Å². The Bertz CT molecular complexity index is 714. The molecule has 2 heterocycles. The lowest BCUT2D eigenvalue weighted by Gasteiger charge is -2.28. The van der Waals surface area contributed by atoms with Gasteiger partial charge in [-0.15, -0.1) is 0 Å². The third-order valence-electron chi connectivity index (χ3n) is 4.04. The summed E-state index contributed by atoms with van der Waals surface area (Å²) in [4.78, 5) is 12.5. The first-order chi connectivity index (χ1) is 10.5. The van der Waals surface area contributed by atoms with E-state index in [0.29, 0.717) is 23.6 Å². The molecule has 0 radical (unpaired) electrons. The van der Waals surface area contributed by atoms with Crippen LogP contribution in [0.25, 0.3) is 0 Å². The van der Waals surface area contributed by atoms with E-state index in [1.807, 2.05) is 6.92 Å². The Labute approximate surface area is 129 Å². The average molecular weight is 300 g/mol. The smallest absolute Gasteiger partial charge is 0.257 e. The van der Waals surface area contributed by atoms with Gasteiger partial charge < -0.3 is 14.6 Å². The number of aryl methyl sites for hydroxylation is 4. The topological polar surface area (TPSA) is 64.4 Å². The van der Waals surface area contributed by atoms with Crippen molar-refractivity contribution in [2.75, 3.05) is 6.61 Å². The van der Waals surface area contributed by atoms with Crippen LogP contribution in [0.5, 0.6) is 5.75 Å². The van der Waals surface area contributed by atoms with Crippen molar-refractivity contribution in [2.24, 2.45) is 0 Å². The largest absolute Gasteiger partial charge is 0.493 e. The summed E-state index contributed by atoms with van der Waals surface area (Å²) in [7, 11) is 0. The van der Waals surface area contributed by atoms with E-state index in [-0.39, 0.29) is 11.9 Å². The highest BCUT2D eigenvalue weighted by Gasteiger charge is 2.27. The fraction of sp³-hybridized carbons (Fsp3) is 0.412. The molecule has 0 saturated heterocycles. The molecule has 2 aromatic rings. The van der Waals surface area contributed by atoms with Crippen molar-refractivity contribution in [1.29, 1.82) is 0 Å². The maximum absolute atomic E-state index is 12.5. The minimum atomic E-state index is -0.145. The summed E-state index contributed by atoms with van der Waals surface area (Å²) in [6.45, 7) is 8.21. The molecular weight excluding hydrogens is 280 g/mol. The second-order valence-electron chi connectivity index (χ2n) is 5.86. The van der Waals surface area contributed by atoms with Crippen LogP contribution in [-0.4, -0.2) is 17.7 Å². The molecule has 0 saturated carbocycles. The lowest BCUT2D eigenvalue weighted by molar-refractivity contribution is 0.0922. The van der Waals surface area contributed by atoms with E-state index < -0.39 is 0 Å². The molecule has 22 heavy (non-hydrogen) atoms. The van der Waals surface area contributed by atoms with Crippen LogP contribution in [-0.2, 0) is 0 Å². The SMILES string of the molecule is Cc1cc(C)c2c(c1)[C@H](NC(=O)c1c(C)noc1C)CCO2. The van der Waals surface area contributed by atoms with E-state index >= 15 is 0 Å². The Hall–Kier alpha value is -2.30. The monoisotopic (exact) mass is 300 g/mol. The molecule has 0 fully saturated rings. The fourth-order valence-corrected chi connectivity index (χ4v) is 3.07. The van der Waals surface area contributed by atoms with Gasteiger partial charge in [0.2, 0.25) is 0 Å². The summed E-state index contributed by atoms with van der Waals surface area (Å²) in [5, 5.41) is 6.94. The first-order valence-electron chi connectivity index (χ1n) is 7.45. The molecule has 116 valence electrons. The molecule has 0 spiro atoms. The van der Waals surface area contributed by atoms with Crippen LogP contribution in [0.15, 0.2) is 16.7 Å². The summed E-state index contributed by atoms with van der Waals surface area (Å²) < 4.78 is 10.9. The Morgan fingerprint density at radius 3 is 2.73 bits per heavy atom. The van der Waals surface area contributed by atoms with E-state index in [1.54, 1.807) is 13.8 Å². The van der Waals surface area contributed by atoms with Crippen LogP contribution < -0.4 is 10.1 Å². The number of nitrogens with one attached hydrogen (secondary N) is 1. The lowest BCUT2D eigenvalue weighted by Crippen LogP contribution is -2.33. The van der Waals surface area contributed by atoms with Crippen LogP contribution in [0.4, 0.5) is 0 Å². The molecule has 0 aliphatic carbocycles. The normalized spacial score (nSPS) is 16.8. The van der Waals surface area contributed by atoms with E-state index in [0.717, 1.165) is 23.3 Å². The minimum absolute atomic E-state index is 0.0523. The van der Waals surface area contributed by atoms with Gasteiger partial charge in [0.25, 0.3) is 5.91 Å². The predicted octanol–water partition coefficient (Wildman–Crippen LogP) is 3.16. The van der Waals surface area contributed by atoms with Crippen LogP contribution in [0.3, 0.4) is 0 Å². The van der Waals surface area contributed by atoms with Gasteiger partial charge in [0.05, 0.1) is 18.3 Å². The molecule has 5 nitrogen and oxygen atoms in total. The molecule has 5 heteroatoms. The number of benzene rings is 1. The zero-order chi connectivity index (χ0) is 15.9. The summed E-state index contributed by atoms with van der Waals surface area (Å²) in [6.07, 6.45) is 0.755. The van der Waals surface area contributed by atoms with Crippen LogP contribution in [0.2, 0.25) is 0 Å². The third kappa shape index (κ3) is 2.47. The number of carbonyl (C=O) groups is 1. The van der Waals surface area contributed by atoms with E-state index in [9.17, 15) is 4.79 Å². The van der Waals surface area contributed by atoms with Crippen molar-refractivity contribution in [3.05, 3.63) is 45.8 Å². The molecule has 0 bridgehead atoms. The zero-order valence-corrected chi connectivity index (χ0v) is 13.3. The van der Waals surface area contributed by atoms with Crippen molar-refractivity contribution in [3.8, 4) is 5.75 Å². The van der Waals surface area contributed by atoms with Gasteiger partial charge in [0, 0.05) is 12.0 Å². The fourth-order valence-electron chi connectivity index (χ4n) is 3.07. The van der Waals surface area contributed by atoms with Gasteiger partial charge in [-0.1, -0.05) is 22.9 Å². The quantitative estimate of drug-likeness (QED) is 0.925. The van der Waals surface area contributed by atoms with E-state index in [1.165, 1.54) is 5.56 Å². The van der Waals surface area contributed by atoms with E-state index in [2.05, 4.69) is 29.5 Å². The van der Waals surface area contributed by atoms with Crippen molar-refractivity contribution in [1.82, 2.24) is 10.5 Å². The summed E-state index contributed by atoms with van der Waals surface area (Å²) in [5.41, 5.74) is 4.45. The Morgan fingerprint density at radius 1 is 1.27 bits per heavy atom. The third-order valence-corrected chi connectivity index (χ3v) is 4.04. The molecule has 3 rings (SSSR count). The lowest BCUT2D eigenvalue weighted by atomic mass is 9.95. The Balaban J connectivity index is 1.91. The van der Waals surface area contributed by atoms with E-state index in [4.69, 9.17) is 9.26 Å². The highest BCUT2D eigenvalue weighted by Crippen LogP contribution is 2.36. The van der Waals surface area contributed by atoms with Gasteiger partial charge in [-0.05, 0) is 33.3 Å². The number of fused-ring (bicyclic) bond motifs is 1. The molecule has 0 unspecified atom stereocenters. The first kappa shape index (κ1) is 14.6. The summed E-state index contributed by atoms with van der Waals surface area (Å²) >= 11 is 0. The molecule has 1 atom stereocenters. The van der Waals surface area contributed by atoms with Crippen LogP contribution >= 0.6 is 0 Å². The first-order valence-corrected chi connectivity index (χ1v) is 7.45. The maximum atomic E-state index is 12.5. The van der Waals surface area contributed by atoms with Crippen molar-refractivity contribution >= 4 is 5.91 Å². The highest BCUT2D eigenvalue weighted by molar-refractivity contribution is 5.96. The number of rotatable bonds is 2. The maximum Gasteiger partial charge on any atom is 0.257 e. The second-order valence-corrected chi connectivity index (χ2v) is 5.86. The number of hydrogen-bond donors (Lipinski definition) is 1. The molecule has 1 aromatic carbocycles. The molecule has 1 aliphatic heterocycles. The van der Waals surface area contributed by atoms with Gasteiger partial charge >= 0.3 is 0 Å². The van der Waals surface area contributed by atoms with Crippen LogP contribution in [0.1, 0.15) is 51.0 Å². The average Bonchev–Trinajstić information content (AvgIpc) is 2.79. The molecule has 1 aromatic heterocycles. The van der Waals surface area contributed by atoms with Crippen molar-refractivity contribution in [2.45, 2.75) is 40.2 Å². The molecule has 1 aliphatic rings. The standard InChI is InChI=1S/C17H20N2O3/c1-9-7-10(2)16-13(8-9)14(5-6-21-16)18-17(20)15-11(3)19-22-12(15)4/h7-8,14H,5-6H2,1-4H3,(H,18,20)/t14-/m1/s1. The molecule has 1 N–H and O–H groups in total. The number of hydrogen-bond acceptors (Lipinski definition) is 4. The Morgan fingerprint density at radius 2 is 2.05 bits per heavy atom. The molecule has 1 amide bonds.